The Bertz CT molecular complexity index is 492. The zero-order valence-electron chi connectivity index (χ0n) is 12.2. The Morgan fingerprint density at radius 1 is 1.18 bits per heavy atom. The van der Waals surface area contributed by atoms with Crippen molar-refractivity contribution in [2.24, 2.45) is 5.73 Å². The average molecular weight is 324 g/mol. The van der Waals surface area contributed by atoms with Crippen LogP contribution in [-0.2, 0) is 19.2 Å². The summed E-state index contributed by atoms with van der Waals surface area (Å²) in [5.74, 6) is -1.47. The van der Waals surface area contributed by atoms with Gasteiger partial charge in [0.25, 0.3) is 0 Å². The van der Waals surface area contributed by atoms with E-state index in [0.717, 1.165) is 0 Å². The fourth-order valence-corrected chi connectivity index (χ4v) is 3.40. The second-order valence-corrected chi connectivity index (χ2v) is 7.33. The first-order chi connectivity index (χ1) is 10.4. The number of primary amides is 1. The Hall–Kier alpha value is -1.90. The molecule has 2 aliphatic heterocycles. The van der Waals surface area contributed by atoms with E-state index in [2.05, 4.69) is 16.0 Å². The molecule has 22 heavy (non-hydrogen) atoms. The molecule has 2 radical (unpaired) electrons. The number of carbonyl (C=O) groups excluding carboxylic acids is 4. The number of carbonyl (C=O) groups is 4. The van der Waals surface area contributed by atoms with Gasteiger partial charge in [0.2, 0.25) is 23.6 Å². The van der Waals surface area contributed by atoms with E-state index < -0.39 is 22.9 Å². The first kappa shape index (κ1) is 16.5. The topological polar surface area (TPSA) is 130 Å². The fraction of sp³-hybridized carbons (Fsp3) is 0.692. The van der Waals surface area contributed by atoms with Crippen molar-refractivity contribution >= 4 is 33.1 Å². The lowest BCUT2D eigenvalue weighted by Crippen LogP contribution is -2.48. The van der Waals surface area contributed by atoms with E-state index in [4.69, 9.17) is 5.73 Å². The number of hydrogen-bond donors (Lipinski definition) is 4. The molecule has 120 valence electrons. The number of rotatable bonds is 1. The van der Waals surface area contributed by atoms with Gasteiger partial charge in [-0.15, -0.1) is 0 Å². The Kier molecular flexibility index (Phi) is 5.17. The number of nitrogens with one attached hydrogen (secondary N) is 3. The Balaban J connectivity index is 2.00. The van der Waals surface area contributed by atoms with Crippen molar-refractivity contribution < 1.29 is 19.2 Å². The zero-order valence-corrected chi connectivity index (χ0v) is 13.2. The van der Waals surface area contributed by atoms with Crippen molar-refractivity contribution in [1.29, 1.82) is 0 Å². The molecule has 2 heterocycles. The maximum Gasteiger partial charge on any atom is 0.240 e. The second kappa shape index (κ2) is 6.90. The highest BCUT2D eigenvalue weighted by atomic mass is 28.2. The van der Waals surface area contributed by atoms with Crippen LogP contribution in [0.15, 0.2) is 0 Å². The van der Waals surface area contributed by atoms with Crippen LogP contribution in [0.5, 0.6) is 0 Å². The summed E-state index contributed by atoms with van der Waals surface area (Å²) in [6.07, 6.45) is 1.93. The van der Waals surface area contributed by atoms with Gasteiger partial charge >= 0.3 is 0 Å². The molecule has 9 heteroatoms. The van der Waals surface area contributed by atoms with Gasteiger partial charge in [0, 0.05) is 18.0 Å². The first-order valence-electron chi connectivity index (χ1n) is 7.32. The van der Waals surface area contributed by atoms with Gasteiger partial charge < -0.3 is 21.7 Å². The molecule has 4 amide bonds. The van der Waals surface area contributed by atoms with Crippen LogP contribution in [0.3, 0.4) is 0 Å². The van der Waals surface area contributed by atoms with Crippen LogP contribution in [0.1, 0.15) is 25.7 Å². The summed E-state index contributed by atoms with van der Waals surface area (Å²) in [4.78, 5) is 47.1. The molecular formula is C13H20N4O4Si. The molecule has 2 rings (SSSR count). The van der Waals surface area contributed by atoms with E-state index in [9.17, 15) is 19.2 Å². The van der Waals surface area contributed by atoms with Crippen molar-refractivity contribution in [3.05, 3.63) is 0 Å². The Morgan fingerprint density at radius 3 is 2.55 bits per heavy atom. The van der Waals surface area contributed by atoms with Gasteiger partial charge in [0.15, 0.2) is 0 Å². The molecular weight excluding hydrogens is 304 g/mol. The van der Waals surface area contributed by atoms with Gasteiger partial charge in [0.1, 0.15) is 6.04 Å². The van der Waals surface area contributed by atoms with Gasteiger partial charge in [-0.1, -0.05) is 0 Å². The number of amides is 4. The van der Waals surface area contributed by atoms with Crippen LogP contribution < -0.4 is 21.7 Å². The van der Waals surface area contributed by atoms with Gasteiger partial charge in [-0.05, 0) is 25.3 Å². The fourth-order valence-electron chi connectivity index (χ4n) is 2.37. The predicted molar refractivity (Wildman–Crippen MR) is 78.9 cm³/mol. The first-order valence-corrected chi connectivity index (χ1v) is 8.52. The van der Waals surface area contributed by atoms with Crippen LogP contribution >= 0.6 is 0 Å². The molecule has 0 aliphatic carbocycles. The minimum Gasteiger partial charge on any atom is -0.368 e. The van der Waals surface area contributed by atoms with Gasteiger partial charge in [-0.3, -0.25) is 19.2 Å². The molecule has 1 unspecified atom stereocenters. The summed E-state index contributed by atoms with van der Waals surface area (Å²) in [5.41, 5.74) is 5.26. The molecule has 8 nitrogen and oxygen atoms in total. The highest BCUT2D eigenvalue weighted by Crippen LogP contribution is 2.49. The zero-order chi connectivity index (χ0) is 16.2. The molecule has 0 aromatic carbocycles. The van der Waals surface area contributed by atoms with E-state index in [0.29, 0.717) is 41.4 Å². The summed E-state index contributed by atoms with van der Waals surface area (Å²) < 4.78 is 0. The Morgan fingerprint density at radius 2 is 1.91 bits per heavy atom. The third-order valence-corrected chi connectivity index (χ3v) is 5.44. The van der Waals surface area contributed by atoms with Crippen molar-refractivity contribution in [2.75, 3.05) is 13.1 Å². The summed E-state index contributed by atoms with van der Waals surface area (Å²) in [5, 5.41) is 7.22. The lowest BCUT2D eigenvalue weighted by molar-refractivity contribution is -0.130. The molecule has 2 saturated heterocycles. The molecule has 0 saturated carbocycles. The van der Waals surface area contributed by atoms with Gasteiger partial charge in [0.05, 0.1) is 16.1 Å². The minimum atomic E-state index is -0.750. The second-order valence-electron chi connectivity index (χ2n) is 5.66. The van der Waals surface area contributed by atoms with E-state index in [1.54, 1.807) is 0 Å². The molecule has 0 aromatic rings. The summed E-state index contributed by atoms with van der Waals surface area (Å²) in [6, 6.07) is -0.0718. The molecule has 0 aromatic heterocycles. The molecule has 2 atom stereocenters. The Labute approximate surface area is 130 Å². The summed E-state index contributed by atoms with van der Waals surface area (Å²) in [7, 11) is 0.404. The highest BCUT2D eigenvalue weighted by molar-refractivity contribution is 6.62. The van der Waals surface area contributed by atoms with Crippen molar-refractivity contribution in [2.45, 2.75) is 42.8 Å². The maximum atomic E-state index is 12.1. The SMILES string of the molecule is NC(=O)[C@@H]1CCCCNC(=O)CC2(C[Si]2)C(=O)NCC(=O)N1. The smallest absolute Gasteiger partial charge is 0.240 e. The van der Waals surface area contributed by atoms with Crippen molar-refractivity contribution in [3.63, 3.8) is 0 Å². The van der Waals surface area contributed by atoms with E-state index in [-0.39, 0.29) is 24.8 Å². The lowest BCUT2D eigenvalue weighted by Gasteiger charge is -2.19. The average Bonchev–Trinajstić information content (AvgIpc) is 3.22. The normalized spacial score (nSPS) is 30.7. The molecule has 1 spiro atoms. The highest BCUT2D eigenvalue weighted by Gasteiger charge is 2.51. The van der Waals surface area contributed by atoms with Crippen LogP contribution in [0.4, 0.5) is 0 Å². The van der Waals surface area contributed by atoms with E-state index >= 15 is 0 Å². The third kappa shape index (κ3) is 4.29. The predicted octanol–water partition coefficient (Wildman–Crippen LogP) is -1.94. The molecule has 5 N–H and O–H groups in total. The number of nitrogens with two attached hydrogens (primary N) is 1. The largest absolute Gasteiger partial charge is 0.368 e. The molecule has 2 fully saturated rings. The monoisotopic (exact) mass is 324 g/mol. The van der Waals surface area contributed by atoms with Crippen LogP contribution in [0.2, 0.25) is 11.1 Å². The standard InChI is InChI=1S/C13H20N4O4Si/c14-11(20)8-3-1-2-4-15-9(18)5-13(7-22-13)12(21)16-6-10(19)17-8/h8H,1-7H2,(H2,14,20)(H,15,18)(H,16,21)(H,17,19)/t8-,13?/m0/s1. The molecule has 0 bridgehead atoms. The van der Waals surface area contributed by atoms with Crippen LogP contribution in [-0.4, -0.2) is 52.3 Å². The van der Waals surface area contributed by atoms with E-state index in [1.807, 2.05) is 0 Å². The van der Waals surface area contributed by atoms with Gasteiger partial charge in [-0.25, -0.2) is 0 Å². The minimum absolute atomic E-state index is 0.145. The van der Waals surface area contributed by atoms with Crippen molar-refractivity contribution in [3.8, 4) is 0 Å². The van der Waals surface area contributed by atoms with Crippen LogP contribution in [0, 0.1) is 0 Å². The van der Waals surface area contributed by atoms with E-state index in [1.165, 1.54) is 0 Å². The molecule has 2 aliphatic rings. The third-order valence-electron chi connectivity index (χ3n) is 3.83. The summed E-state index contributed by atoms with van der Waals surface area (Å²) in [6.45, 7) is 0.273. The van der Waals surface area contributed by atoms with Crippen LogP contribution in [0.25, 0.3) is 0 Å². The summed E-state index contributed by atoms with van der Waals surface area (Å²) >= 11 is 0. The number of hydrogen-bond acceptors (Lipinski definition) is 4. The maximum absolute atomic E-state index is 12.1. The van der Waals surface area contributed by atoms with Crippen molar-refractivity contribution in [1.82, 2.24) is 16.0 Å². The quantitative estimate of drug-likeness (QED) is 0.418. The lowest BCUT2D eigenvalue weighted by atomic mass is 10.1. The van der Waals surface area contributed by atoms with Gasteiger partial charge in [-0.2, -0.15) is 0 Å².